The first-order valence-corrected chi connectivity index (χ1v) is 16.5. The van der Waals surface area contributed by atoms with Gasteiger partial charge >= 0.3 is 0 Å². The van der Waals surface area contributed by atoms with Crippen molar-refractivity contribution in [1.29, 1.82) is 0 Å². The molecule has 2 aliphatic heterocycles. The fourth-order valence-electron chi connectivity index (χ4n) is 4.67. The van der Waals surface area contributed by atoms with Gasteiger partial charge in [0.25, 0.3) is 0 Å². The van der Waals surface area contributed by atoms with Crippen LogP contribution in [0.15, 0.2) is 0 Å². The number of rotatable bonds is 13. The molecular formula is C24H48N2S4. The standard InChI is InChI=1S/C24H48N2S4/c1-7-19-25(20(8-2)28-23(11-5)27-19)17-15-13-14-16-18-26-21(9-3)29-24(12-6)30-22(26)10-4/h19-24H,7-18H2,1-6H3/t19-,20+,21-,22+,23?,24?. The first kappa shape index (κ1) is 27.6. The molecule has 30 heavy (non-hydrogen) atoms. The number of thioether (sulfide) groups is 4. The van der Waals surface area contributed by atoms with Gasteiger partial charge in [0.15, 0.2) is 0 Å². The van der Waals surface area contributed by atoms with E-state index >= 15 is 0 Å². The van der Waals surface area contributed by atoms with Crippen molar-refractivity contribution in [3.8, 4) is 0 Å². The lowest BCUT2D eigenvalue weighted by Gasteiger charge is -2.44. The van der Waals surface area contributed by atoms with Crippen molar-refractivity contribution in [3.05, 3.63) is 0 Å². The normalized spacial score (nSPS) is 33.8. The Morgan fingerprint density at radius 1 is 0.433 bits per heavy atom. The van der Waals surface area contributed by atoms with Crippen molar-refractivity contribution in [3.63, 3.8) is 0 Å². The van der Waals surface area contributed by atoms with Crippen LogP contribution in [0.3, 0.4) is 0 Å². The SMILES string of the molecule is CCC1S[C@@H](CC)N(CCCCCCN2[C@H](CC)SC(CC)S[C@@H]2CC)[C@@H](CC)S1. The van der Waals surface area contributed by atoms with Crippen LogP contribution in [0.25, 0.3) is 0 Å². The molecule has 0 aromatic rings. The molecule has 0 radical (unpaired) electrons. The number of unbranched alkanes of at least 4 members (excludes halogenated alkanes) is 3. The smallest absolute Gasteiger partial charge is 0.0575 e. The van der Waals surface area contributed by atoms with Gasteiger partial charge in [-0.3, -0.25) is 9.80 Å². The third kappa shape index (κ3) is 7.97. The van der Waals surface area contributed by atoms with E-state index < -0.39 is 0 Å². The van der Waals surface area contributed by atoms with Crippen LogP contribution in [0.5, 0.6) is 0 Å². The summed E-state index contributed by atoms with van der Waals surface area (Å²) in [4.78, 5) is 5.68. The Labute approximate surface area is 205 Å². The molecule has 0 bridgehead atoms. The Morgan fingerprint density at radius 2 is 0.733 bits per heavy atom. The van der Waals surface area contributed by atoms with E-state index in [9.17, 15) is 0 Å². The molecule has 2 rings (SSSR count). The van der Waals surface area contributed by atoms with Crippen LogP contribution in [-0.2, 0) is 0 Å². The number of hydrogen-bond donors (Lipinski definition) is 0. The monoisotopic (exact) mass is 492 g/mol. The largest absolute Gasteiger partial charge is 0.279 e. The molecular weight excluding hydrogens is 445 g/mol. The fraction of sp³-hybridized carbons (Fsp3) is 1.00. The molecule has 0 amide bonds. The van der Waals surface area contributed by atoms with Crippen LogP contribution in [0.4, 0.5) is 0 Å². The summed E-state index contributed by atoms with van der Waals surface area (Å²) in [5.74, 6) is 0. The molecule has 0 aromatic carbocycles. The van der Waals surface area contributed by atoms with E-state index in [1.165, 1.54) is 77.3 Å². The molecule has 0 N–H and O–H groups in total. The number of hydrogen-bond acceptors (Lipinski definition) is 6. The van der Waals surface area contributed by atoms with E-state index in [1.54, 1.807) is 0 Å². The summed E-state index contributed by atoms with van der Waals surface area (Å²) in [6.45, 7) is 16.8. The van der Waals surface area contributed by atoms with Crippen molar-refractivity contribution in [2.45, 2.75) is 136 Å². The highest BCUT2D eigenvalue weighted by Gasteiger charge is 2.35. The first-order chi connectivity index (χ1) is 14.6. The summed E-state index contributed by atoms with van der Waals surface area (Å²) in [6.07, 6.45) is 13.3. The Kier molecular flexibility index (Phi) is 14.0. The van der Waals surface area contributed by atoms with E-state index in [-0.39, 0.29) is 0 Å². The molecule has 6 atom stereocenters. The third-order valence-corrected chi connectivity index (χ3v) is 13.9. The first-order valence-electron chi connectivity index (χ1n) is 12.7. The maximum atomic E-state index is 2.84. The Balaban J connectivity index is 1.72. The van der Waals surface area contributed by atoms with Crippen LogP contribution >= 0.6 is 47.0 Å². The predicted octanol–water partition coefficient (Wildman–Crippen LogP) is 8.53. The molecule has 2 fully saturated rings. The average Bonchev–Trinajstić information content (AvgIpc) is 2.80. The van der Waals surface area contributed by atoms with Gasteiger partial charge in [-0.25, -0.2) is 0 Å². The Hall–Kier alpha value is 1.32. The number of nitrogens with zero attached hydrogens (tertiary/aromatic N) is 2. The minimum absolute atomic E-state index is 0.741. The predicted molar refractivity (Wildman–Crippen MR) is 147 cm³/mol. The highest BCUT2D eigenvalue weighted by atomic mass is 32.2. The molecule has 2 aliphatic rings. The van der Waals surface area contributed by atoms with E-state index in [1.807, 2.05) is 0 Å². The minimum atomic E-state index is 0.741. The topological polar surface area (TPSA) is 6.48 Å². The summed E-state index contributed by atoms with van der Waals surface area (Å²) < 4.78 is 1.61. The van der Waals surface area contributed by atoms with Gasteiger partial charge < -0.3 is 0 Å². The van der Waals surface area contributed by atoms with Crippen molar-refractivity contribution in [2.24, 2.45) is 0 Å². The zero-order valence-electron chi connectivity index (χ0n) is 20.5. The van der Waals surface area contributed by atoms with Crippen LogP contribution in [0.1, 0.15) is 106 Å². The highest BCUT2D eigenvalue weighted by molar-refractivity contribution is 8.18. The zero-order valence-corrected chi connectivity index (χ0v) is 23.7. The molecule has 0 spiro atoms. The van der Waals surface area contributed by atoms with Crippen LogP contribution in [0.2, 0.25) is 0 Å². The molecule has 6 heteroatoms. The third-order valence-electron chi connectivity index (χ3n) is 6.36. The van der Waals surface area contributed by atoms with Gasteiger partial charge in [0, 0.05) is 13.1 Å². The van der Waals surface area contributed by atoms with Crippen molar-refractivity contribution < 1.29 is 0 Å². The lowest BCUT2D eigenvalue weighted by molar-refractivity contribution is 0.212. The molecule has 178 valence electrons. The maximum Gasteiger partial charge on any atom is 0.0575 e. The summed E-state index contributed by atoms with van der Waals surface area (Å²) in [5.41, 5.74) is 0. The van der Waals surface area contributed by atoms with Gasteiger partial charge in [-0.2, -0.15) is 0 Å². The van der Waals surface area contributed by atoms with Crippen molar-refractivity contribution in [1.82, 2.24) is 9.80 Å². The van der Waals surface area contributed by atoms with Crippen molar-refractivity contribution in [2.75, 3.05) is 13.1 Å². The van der Waals surface area contributed by atoms with E-state index in [0.29, 0.717) is 0 Å². The lowest BCUT2D eigenvalue weighted by atomic mass is 10.1. The zero-order chi connectivity index (χ0) is 21.9. The van der Waals surface area contributed by atoms with E-state index in [0.717, 1.165) is 30.7 Å². The Bertz CT molecular complexity index is 385. The second-order valence-corrected chi connectivity index (χ2v) is 14.7. The maximum absolute atomic E-state index is 2.84. The Morgan fingerprint density at radius 3 is 0.967 bits per heavy atom. The molecule has 2 unspecified atom stereocenters. The summed E-state index contributed by atoms with van der Waals surface area (Å²) in [5, 5.41) is 2.97. The van der Waals surface area contributed by atoms with Gasteiger partial charge in [-0.05, 0) is 51.4 Å². The van der Waals surface area contributed by atoms with Crippen LogP contribution < -0.4 is 0 Å². The van der Waals surface area contributed by atoms with Crippen molar-refractivity contribution >= 4 is 47.0 Å². The minimum Gasteiger partial charge on any atom is -0.279 e. The summed E-state index contributed by atoms with van der Waals surface area (Å²) in [6, 6.07) is 0. The molecule has 0 saturated carbocycles. The van der Waals surface area contributed by atoms with Gasteiger partial charge in [0.05, 0.1) is 30.7 Å². The summed E-state index contributed by atoms with van der Waals surface area (Å²) >= 11 is 8.92. The van der Waals surface area contributed by atoms with Gasteiger partial charge in [0.1, 0.15) is 0 Å². The van der Waals surface area contributed by atoms with Gasteiger partial charge in [-0.1, -0.05) is 54.4 Å². The summed E-state index contributed by atoms with van der Waals surface area (Å²) in [7, 11) is 0. The van der Waals surface area contributed by atoms with Gasteiger partial charge in [0.2, 0.25) is 0 Å². The van der Waals surface area contributed by atoms with Crippen LogP contribution in [0, 0.1) is 0 Å². The second-order valence-electron chi connectivity index (χ2n) is 8.56. The second kappa shape index (κ2) is 15.3. The molecule has 2 heterocycles. The molecule has 0 aliphatic carbocycles. The molecule has 2 nitrogen and oxygen atoms in total. The van der Waals surface area contributed by atoms with E-state index in [2.05, 4.69) is 98.4 Å². The lowest BCUT2D eigenvalue weighted by Crippen LogP contribution is -2.45. The van der Waals surface area contributed by atoms with Gasteiger partial charge in [-0.15, -0.1) is 47.0 Å². The molecule has 2 saturated heterocycles. The van der Waals surface area contributed by atoms with Crippen LogP contribution in [-0.4, -0.2) is 53.5 Å². The fourth-order valence-corrected chi connectivity index (χ4v) is 11.5. The average molecular weight is 493 g/mol. The van der Waals surface area contributed by atoms with E-state index in [4.69, 9.17) is 0 Å². The quantitative estimate of drug-likeness (QED) is 0.236. The molecule has 0 aromatic heterocycles. The highest BCUT2D eigenvalue weighted by Crippen LogP contribution is 2.45.